The monoisotopic (exact) mass is 381 g/mol. The molecule has 0 radical (unpaired) electrons. The summed E-state index contributed by atoms with van der Waals surface area (Å²) in [7, 11) is 0. The molecule has 1 fully saturated rings. The van der Waals surface area contributed by atoms with Gasteiger partial charge >= 0.3 is 0 Å². The average Bonchev–Trinajstić information content (AvgIpc) is 2.69. The number of nitrogens with one attached hydrogen (secondary N) is 1. The van der Waals surface area contributed by atoms with Crippen molar-refractivity contribution in [1.82, 2.24) is 9.80 Å². The molecule has 2 aromatic carbocycles. The Kier molecular flexibility index (Phi) is 6.66. The van der Waals surface area contributed by atoms with Crippen LogP contribution in [0.2, 0.25) is 0 Å². The van der Waals surface area contributed by atoms with Gasteiger partial charge < -0.3 is 15.0 Å². The van der Waals surface area contributed by atoms with Gasteiger partial charge in [0, 0.05) is 31.9 Å². The number of hydrogen-bond acceptors (Lipinski definition) is 4. The van der Waals surface area contributed by atoms with Crippen molar-refractivity contribution in [2.75, 3.05) is 44.6 Å². The Bertz CT molecular complexity index is 815. The summed E-state index contributed by atoms with van der Waals surface area (Å²) in [6, 6.07) is 15.4. The summed E-state index contributed by atoms with van der Waals surface area (Å²) in [6.45, 7) is 6.91. The highest BCUT2D eigenvalue weighted by atomic mass is 16.5. The van der Waals surface area contributed by atoms with Gasteiger partial charge in [-0.05, 0) is 43.2 Å². The second kappa shape index (κ2) is 9.37. The molecule has 0 unspecified atom stereocenters. The van der Waals surface area contributed by atoms with E-state index in [9.17, 15) is 9.59 Å². The number of para-hydroxylation sites is 1. The molecule has 3 rings (SSSR count). The number of anilines is 1. The van der Waals surface area contributed by atoms with Crippen molar-refractivity contribution in [2.24, 2.45) is 0 Å². The molecule has 1 N–H and O–H groups in total. The highest BCUT2D eigenvalue weighted by molar-refractivity contribution is 5.92. The van der Waals surface area contributed by atoms with E-state index in [1.54, 1.807) is 4.90 Å². The van der Waals surface area contributed by atoms with Crippen LogP contribution in [0.3, 0.4) is 0 Å². The van der Waals surface area contributed by atoms with Crippen LogP contribution in [0.4, 0.5) is 5.69 Å². The fourth-order valence-electron chi connectivity index (χ4n) is 3.17. The predicted molar refractivity (Wildman–Crippen MR) is 110 cm³/mol. The highest BCUT2D eigenvalue weighted by Crippen LogP contribution is 2.19. The molecule has 0 atom stereocenters. The molecule has 0 aliphatic carbocycles. The van der Waals surface area contributed by atoms with E-state index >= 15 is 0 Å². The van der Waals surface area contributed by atoms with Crippen molar-refractivity contribution in [3.63, 3.8) is 0 Å². The van der Waals surface area contributed by atoms with Gasteiger partial charge in [-0.3, -0.25) is 14.5 Å². The lowest BCUT2D eigenvalue weighted by Gasteiger charge is -2.34. The first-order chi connectivity index (χ1) is 13.5. The fraction of sp³-hybridized carbons (Fsp3) is 0.364. The molecular weight excluding hydrogens is 354 g/mol. The van der Waals surface area contributed by atoms with Gasteiger partial charge in [0.05, 0.1) is 6.54 Å². The van der Waals surface area contributed by atoms with E-state index in [-0.39, 0.29) is 18.4 Å². The molecule has 1 saturated heterocycles. The number of ether oxygens (including phenoxy) is 1. The molecule has 6 nitrogen and oxygen atoms in total. The Morgan fingerprint density at radius 2 is 1.71 bits per heavy atom. The van der Waals surface area contributed by atoms with E-state index in [1.807, 2.05) is 62.4 Å². The first-order valence-electron chi connectivity index (χ1n) is 9.56. The van der Waals surface area contributed by atoms with Crippen LogP contribution < -0.4 is 10.1 Å². The Hall–Kier alpha value is -2.86. The van der Waals surface area contributed by atoms with Gasteiger partial charge in [-0.1, -0.05) is 30.3 Å². The van der Waals surface area contributed by atoms with Crippen LogP contribution in [0.25, 0.3) is 0 Å². The lowest BCUT2D eigenvalue weighted by molar-refractivity contribution is -0.135. The van der Waals surface area contributed by atoms with Gasteiger partial charge in [0.2, 0.25) is 5.91 Å². The zero-order valence-electron chi connectivity index (χ0n) is 16.5. The summed E-state index contributed by atoms with van der Waals surface area (Å²) >= 11 is 0. The van der Waals surface area contributed by atoms with Crippen molar-refractivity contribution >= 4 is 17.5 Å². The maximum atomic E-state index is 12.4. The number of aryl methyl sites for hydroxylation is 2. The summed E-state index contributed by atoms with van der Waals surface area (Å²) in [5, 5.41) is 2.89. The number of rotatable bonds is 6. The largest absolute Gasteiger partial charge is 0.483 e. The molecule has 1 aliphatic heterocycles. The van der Waals surface area contributed by atoms with Crippen LogP contribution >= 0.6 is 0 Å². The molecule has 6 heteroatoms. The number of carbonyl (C=O) groups is 2. The second-order valence-corrected chi connectivity index (χ2v) is 7.13. The van der Waals surface area contributed by atoms with E-state index < -0.39 is 0 Å². The molecule has 0 saturated carbocycles. The van der Waals surface area contributed by atoms with Gasteiger partial charge in [0.1, 0.15) is 5.75 Å². The molecule has 1 heterocycles. The number of amides is 2. The predicted octanol–water partition coefficient (Wildman–Crippen LogP) is 2.47. The summed E-state index contributed by atoms with van der Waals surface area (Å²) in [5.74, 6) is 0.697. The number of hydrogen-bond donors (Lipinski definition) is 1. The molecule has 0 bridgehead atoms. The smallest absolute Gasteiger partial charge is 0.260 e. The third kappa shape index (κ3) is 5.57. The molecule has 2 aromatic rings. The van der Waals surface area contributed by atoms with Crippen LogP contribution in [0.15, 0.2) is 48.5 Å². The highest BCUT2D eigenvalue weighted by Gasteiger charge is 2.22. The molecular formula is C22H27N3O3. The number of benzene rings is 2. The normalized spacial score (nSPS) is 14.6. The zero-order valence-corrected chi connectivity index (χ0v) is 16.5. The number of piperazine rings is 1. The van der Waals surface area contributed by atoms with Crippen LogP contribution in [0.5, 0.6) is 5.75 Å². The van der Waals surface area contributed by atoms with Gasteiger partial charge in [0.25, 0.3) is 5.91 Å². The van der Waals surface area contributed by atoms with Crippen LogP contribution in [-0.4, -0.2) is 60.9 Å². The Morgan fingerprint density at radius 3 is 2.43 bits per heavy atom. The Labute approximate surface area is 166 Å². The van der Waals surface area contributed by atoms with E-state index in [1.165, 1.54) is 0 Å². The lowest BCUT2D eigenvalue weighted by Crippen LogP contribution is -2.51. The first kappa shape index (κ1) is 19.9. The van der Waals surface area contributed by atoms with E-state index in [4.69, 9.17) is 4.74 Å². The number of nitrogens with zero attached hydrogens (tertiary/aromatic N) is 2. The lowest BCUT2D eigenvalue weighted by atomic mass is 10.1. The van der Waals surface area contributed by atoms with Gasteiger partial charge in [-0.2, -0.15) is 0 Å². The standard InChI is InChI=1S/C22H27N3O3/c1-17-8-9-18(2)20(14-17)28-16-22(27)25-12-10-24(11-13-25)15-21(26)23-19-6-4-3-5-7-19/h3-9,14H,10-13,15-16H2,1-2H3,(H,23,26). The molecule has 1 aliphatic rings. The molecule has 0 aromatic heterocycles. The zero-order chi connectivity index (χ0) is 19.9. The minimum absolute atomic E-state index is 0.0192. The minimum Gasteiger partial charge on any atom is -0.483 e. The minimum atomic E-state index is -0.0377. The van der Waals surface area contributed by atoms with Crippen LogP contribution in [-0.2, 0) is 9.59 Å². The maximum Gasteiger partial charge on any atom is 0.260 e. The fourth-order valence-corrected chi connectivity index (χ4v) is 3.17. The van der Waals surface area contributed by atoms with E-state index in [0.29, 0.717) is 32.7 Å². The summed E-state index contributed by atoms with van der Waals surface area (Å²) in [6.07, 6.45) is 0. The van der Waals surface area contributed by atoms with Gasteiger partial charge in [-0.25, -0.2) is 0 Å². The SMILES string of the molecule is Cc1ccc(C)c(OCC(=O)N2CCN(CC(=O)Nc3ccccc3)CC2)c1. The maximum absolute atomic E-state index is 12.4. The topological polar surface area (TPSA) is 61.9 Å². The second-order valence-electron chi connectivity index (χ2n) is 7.13. The third-order valence-corrected chi connectivity index (χ3v) is 4.84. The van der Waals surface area contributed by atoms with Crippen molar-refractivity contribution in [3.05, 3.63) is 59.7 Å². The quantitative estimate of drug-likeness (QED) is 0.835. The van der Waals surface area contributed by atoms with Crippen molar-refractivity contribution < 1.29 is 14.3 Å². The molecule has 148 valence electrons. The summed E-state index contributed by atoms with van der Waals surface area (Å²) in [4.78, 5) is 28.5. The van der Waals surface area contributed by atoms with Crippen molar-refractivity contribution in [1.29, 1.82) is 0 Å². The average molecular weight is 381 g/mol. The van der Waals surface area contributed by atoms with Crippen LogP contribution in [0, 0.1) is 13.8 Å². The Balaban J connectivity index is 1.41. The van der Waals surface area contributed by atoms with Crippen LogP contribution in [0.1, 0.15) is 11.1 Å². The molecule has 2 amide bonds. The van der Waals surface area contributed by atoms with Crippen molar-refractivity contribution in [3.8, 4) is 5.75 Å². The molecule has 28 heavy (non-hydrogen) atoms. The summed E-state index contributed by atoms with van der Waals surface area (Å²) < 4.78 is 5.72. The van der Waals surface area contributed by atoms with Gasteiger partial charge in [-0.15, -0.1) is 0 Å². The summed E-state index contributed by atoms with van der Waals surface area (Å²) in [5.41, 5.74) is 2.92. The Morgan fingerprint density at radius 1 is 1.00 bits per heavy atom. The number of carbonyl (C=O) groups excluding carboxylic acids is 2. The molecule has 0 spiro atoms. The first-order valence-corrected chi connectivity index (χ1v) is 9.56. The van der Waals surface area contributed by atoms with Crippen molar-refractivity contribution in [2.45, 2.75) is 13.8 Å². The third-order valence-electron chi connectivity index (χ3n) is 4.84. The van der Waals surface area contributed by atoms with E-state index in [2.05, 4.69) is 10.2 Å². The van der Waals surface area contributed by atoms with Gasteiger partial charge in [0.15, 0.2) is 6.61 Å². The van der Waals surface area contributed by atoms with E-state index in [0.717, 1.165) is 22.6 Å².